The van der Waals surface area contributed by atoms with Gasteiger partial charge in [0.05, 0.1) is 29.1 Å². The number of nitrogens with zero attached hydrogens (tertiary/aromatic N) is 2. The van der Waals surface area contributed by atoms with Gasteiger partial charge in [-0.3, -0.25) is 9.69 Å². The molecule has 1 aromatic rings. The molecule has 0 atom stereocenters. The average Bonchev–Trinajstić information content (AvgIpc) is 2.67. The van der Waals surface area contributed by atoms with Gasteiger partial charge >= 0.3 is 0 Å². The smallest absolute Gasteiger partial charge is 0.266 e. The van der Waals surface area contributed by atoms with Crippen molar-refractivity contribution in [3.8, 4) is 6.07 Å². The van der Waals surface area contributed by atoms with E-state index in [1.54, 1.807) is 30.3 Å². The van der Waals surface area contributed by atoms with E-state index in [-0.39, 0.29) is 4.32 Å². The summed E-state index contributed by atoms with van der Waals surface area (Å²) in [5.41, 5.74) is 1.25. The highest BCUT2D eigenvalue weighted by atomic mass is 32.2. The highest BCUT2D eigenvalue weighted by Crippen LogP contribution is 2.32. The molecule has 0 aromatic heterocycles. The van der Waals surface area contributed by atoms with Crippen molar-refractivity contribution in [1.29, 1.82) is 5.26 Å². The second kappa shape index (κ2) is 5.86. The molecule has 5 nitrogen and oxygen atoms in total. The Kier molecular flexibility index (Phi) is 4.17. The maximum atomic E-state index is 12.0. The Labute approximate surface area is 124 Å². The summed E-state index contributed by atoms with van der Waals surface area (Å²) in [6.07, 6.45) is 1.61. The van der Waals surface area contributed by atoms with Gasteiger partial charge in [-0.15, -0.1) is 0 Å². The molecule has 20 heavy (non-hydrogen) atoms. The third-order valence-electron chi connectivity index (χ3n) is 2.50. The van der Waals surface area contributed by atoms with Crippen molar-refractivity contribution in [2.45, 2.75) is 0 Å². The summed E-state index contributed by atoms with van der Waals surface area (Å²) in [6.45, 7) is -0.546. The van der Waals surface area contributed by atoms with Crippen LogP contribution in [0.25, 0.3) is 6.08 Å². The van der Waals surface area contributed by atoms with Gasteiger partial charge in [0.1, 0.15) is 4.32 Å². The molecule has 0 aliphatic carbocycles. The first-order valence-electron chi connectivity index (χ1n) is 5.46. The number of carbonyl (C=O) groups excluding carboxylic acids is 2. The zero-order valence-electron chi connectivity index (χ0n) is 10.0. The van der Waals surface area contributed by atoms with Crippen LogP contribution in [-0.2, 0) is 9.59 Å². The number of aliphatic carboxylic acids is 1. The van der Waals surface area contributed by atoms with E-state index < -0.39 is 18.4 Å². The summed E-state index contributed by atoms with van der Waals surface area (Å²) >= 11 is 6.00. The van der Waals surface area contributed by atoms with Crippen LogP contribution in [0.2, 0.25) is 0 Å². The number of nitriles is 1. The first-order valence-corrected chi connectivity index (χ1v) is 6.69. The second-order valence-electron chi connectivity index (χ2n) is 3.87. The Hall–Kier alpha value is -2.17. The molecule has 1 aliphatic heterocycles. The Bertz CT molecular complexity index is 659. The third kappa shape index (κ3) is 3.04. The number of rotatable bonds is 3. The number of hydrogen-bond acceptors (Lipinski definition) is 6. The van der Waals surface area contributed by atoms with Gasteiger partial charge < -0.3 is 9.90 Å². The van der Waals surface area contributed by atoms with E-state index in [2.05, 4.69) is 0 Å². The topological polar surface area (TPSA) is 84.2 Å². The molecule has 0 radical (unpaired) electrons. The van der Waals surface area contributed by atoms with Crippen LogP contribution < -0.4 is 5.11 Å². The number of thiocarbonyl (C=S) groups is 1. The Morgan fingerprint density at radius 1 is 1.45 bits per heavy atom. The van der Waals surface area contributed by atoms with Crippen molar-refractivity contribution in [3.05, 3.63) is 40.3 Å². The molecule has 2 rings (SSSR count). The van der Waals surface area contributed by atoms with E-state index in [0.717, 1.165) is 22.2 Å². The minimum atomic E-state index is -1.36. The van der Waals surface area contributed by atoms with Crippen LogP contribution in [-0.4, -0.2) is 27.6 Å². The lowest BCUT2D eigenvalue weighted by Crippen LogP contribution is -2.40. The standard InChI is InChI=1S/C13H8N2O3S2/c14-6-9-3-1-8(2-4-9)5-10-12(18)15(7-11(16)17)13(19)20-10/h1-5H,7H2,(H,16,17)/p-1/b10-5-. The van der Waals surface area contributed by atoms with Crippen LogP contribution in [0.15, 0.2) is 29.2 Å². The first-order chi connectivity index (χ1) is 9.51. The van der Waals surface area contributed by atoms with Gasteiger partial charge in [-0.05, 0) is 23.8 Å². The highest BCUT2D eigenvalue weighted by Gasteiger charge is 2.31. The minimum Gasteiger partial charge on any atom is -0.548 e. The number of benzene rings is 1. The fourth-order valence-corrected chi connectivity index (χ4v) is 2.83. The Morgan fingerprint density at radius 2 is 2.10 bits per heavy atom. The van der Waals surface area contributed by atoms with E-state index >= 15 is 0 Å². The van der Waals surface area contributed by atoms with Crippen LogP contribution in [0.1, 0.15) is 11.1 Å². The molecule has 0 bridgehead atoms. The predicted octanol–water partition coefficient (Wildman–Crippen LogP) is 0.509. The Balaban J connectivity index is 2.23. The van der Waals surface area contributed by atoms with Gasteiger partial charge in [0.2, 0.25) is 0 Å². The van der Waals surface area contributed by atoms with E-state index in [4.69, 9.17) is 17.5 Å². The number of amides is 1. The van der Waals surface area contributed by atoms with Crippen LogP contribution in [0.4, 0.5) is 0 Å². The van der Waals surface area contributed by atoms with E-state index in [1.165, 1.54) is 0 Å². The lowest BCUT2D eigenvalue weighted by molar-refractivity contribution is -0.305. The van der Waals surface area contributed by atoms with Crippen molar-refractivity contribution in [2.24, 2.45) is 0 Å². The van der Waals surface area contributed by atoms with E-state index in [9.17, 15) is 14.7 Å². The van der Waals surface area contributed by atoms with Crippen LogP contribution in [0.3, 0.4) is 0 Å². The molecule has 0 spiro atoms. The molecule has 1 saturated heterocycles. The number of carbonyl (C=O) groups is 2. The highest BCUT2D eigenvalue weighted by molar-refractivity contribution is 8.26. The van der Waals surface area contributed by atoms with Crippen LogP contribution in [0, 0.1) is 11.3 Å². The van der Waals surface area contributed by atoms with Gasteiger partial charge in [-0.2, -0.15) is 5.26 Å². The van der Waals surface area contributed by atoms with Crippen molar-refractivity contribution in [2.75, 3.05) is 6.54 Å². The number of carboxylic acid groups (broad SMARTS) is 1. The molecule has 1 aromatic carbocycles. The number of thioether (sulfide) groups is 1. The Morgan fingerprint density at radius 3 is 2.65 bits per heavy atom. The van der Waals surface area contributed by atoms with Crippen molar-refractivity contribution in [1.82, 2.24) is 4.90 Å². The van der Waals surface area contributed by atoms with Gasteiger partial charge in [-0.25, -0.2) is 0 Å². The summed E-state index contributed by atoms with van der Waals surface area (Å²) in [6, 6.07) is 8.66. The van der Waals surface area contributed by atoms with Crippen molar-refractivity contribution >= 4 is 46.3 Å². The van der Waals surface area contributed by atoms with Gasteiger partial charge in [-0.1, -0.05) is 36.1 Å². The van der Waals surface area contributed by atoms with E-state index in [0.29, 0.717) is 10.5 Å². The zero-order chi connectivity index (χ0) is 14.7. The quantitative estimate of drug-likeness (QED) is 0.597. The SMILES string of the molecule is N#Cc1ccc(/C=C2\SC(=S)N(CC(=O)[O-])C2=O)cc1. The normalized spacial score (nSPS) is 16.6. The minimum absolute atomic E-state index is 0.194. The lowest BCUT2D eigenvalue weighted by atomic mass is 10.1. The molecular weight excluding hydrogens is 296 g/mol. The molecule has 0 saturated carbocycles. The van der Waals surface area contributed by atoms with Gasteiger partial charge in [0.15, 0.2) is 0 Å². The summed E-state index contributed by atoms with van der Waals surface area (Å²) < 4.78 is 0.194. The molecule has 1 amide bonds. The second-order valence-corrected chi connectivity index (χ2v) is 5.55. The maximum absolute atomic E-state index is 12.0. The third-order valence-corrected chi connectivity index (χ3v) is 3.88. The molecule has 1 fully saturated rings. The van der Waals surface area contributed by atoms with Gasteiger partial charge in [0, 0.05) is 0 Å². The zero-order valence-corrected chi connectivity index (χ0v) is 11.7. The largest absolute Gasteiger partial charge is 0.548 e. The van der Waals surface area contributed by atoms with Crippen LogP contribution in [0.5, 0.6) is 0 Å². The number of hydrogen-bond donors (Lipinski definition) is 0. The summed E-state index contributed by atoms with van der Waals surface area (Å²) in [7, 11) is 0. The van der Waals surface area contributed by atoms with Crippen LogP contribution >= 0.6 is 24.0 Å². The summed E-state index contributed by atoms with van der Waals surface area (Å²) in [5.74, 6) is -1.81. The monoisotopic (exact) mass is 303 g/mol. The fourth-order valence-electron chi connectivity index (χ4n) is 1.57. The van der Waals surface area contributed by atoms with E-state index in [1.807, 2.05) is 6.07 Å². The number of carboxylic acids is 1. The van der Waals surface area contributed by atoms with Crippen molar-refractivity contribution < 1.29 is 14.7 Å². The molecular formula is C13H7N2O3S2-. The molecule has 0 unspecified atom stereocenters. The lowest BCUT2D eigenvalue weighted by Gasteiger charge is -2.14. The molecule has 1 heterocycles. The van der Waals surface area contributed by atoms with Crippen molar-refractivity contribution in [3.63, 3.8) is 0 Å². The first kappa shape index (κ1) is 14.2. The summed E-state index contributed by atoms with van der Waals surface area (Å²) in [5, 5.41) is 19.3. The average molecular weight is 303 g/mol. The summed E-state index contributed by atoms with van der Waals surface area (Å²) in [4.78, 5) is 23.9. The molecule has 7 heteroatoms. The molecule has 1 aliphatic rings. The molecule has 0 N–H and O–H groups in total. The maximum Gasteiger partial charge on any atom is 0.266 e. The predicted molar refractivity (Wildman–Crippen MR) is 76.0 cm³/mol. The van der Waals surface area contributed by atoms with Gasteiger partial charge in [0.25, 0.3) is 5.91 Å². The fraction of sp³-hybridized carbons (Fsp3) is 0.0769. The molecule has 100 valence electrons.